The Hall–Kier alpha value is -1.63. The molecular weight excluding hydrogens is 320 g/mol. The lowest BCUT2D eigenvalue weighted by Gasteiger charge is -2.33. The van der Waals surface area contributed by atoms with Gasteiger partial charge in [0.15, 0.2) is 24.6 Å². The van der Waals surface area contributed by atoms with Crippen molar-refractivity contribution in [1.29, 1.82) is 0 Å². The molecule has 1 amide bonds. The second-order valence-electron chi connectivity index (χ2n) is 7.75. The van der Waals surface area contributed by atoms with Crippen LogP contribution in [0.1, 0.15) is 27.7 Å². The van der Waals surface area contributed by atoms with E-state index < -0.39 is 6.09 Å². The van der Waals surface area contributed by atoms with E-state index in [2.05, 4.69) is 33.0 Å². The Morgan fingerprint density at radius 2 is 1.72 bits per heavy atom. The molecule has 0 bridgehead atoms. The number of quaternary nitrogens is 1. The molecule has 25 heavy (non-hydrogen) atoms. The minimum absolute atomic E-state index is 0.0654. The van der Waals surface area contributed by atoms with E-state index in [-0.39, 0.29) is 24.6 Å². The fourth-order valence-electron chi connectivity index (χ4n) is 3.80. The smallest absolute Gasteiger partial charge is 0.411 e. The molecule has 2 saturated heterocycles. The van der Waals surface area contributed by atoms with Gasteiger partial charge in [-0.3, -0.25) is 10.2 Å². The highest BCUT2D eigenvalue weighted by atomic mass is 16.6. The molecule has 0 spiro atoms. The molecule has 3 rings (SSSR count). The molecule has 1 aromatic carbocycles. The average molecular weight is 349 g/mol. The van der Waals surface area contributed by atoms with Gasteiger partial charge in [0.05, 0.1) is 0 Å². The van der Waals surface area contributed by atoms with Crippen LogP contribution in [-0.4, -0.2) is 43.9 Å². The second-order valence-corrected chi connectivity index (χ2v) is 7.75. The molecular formula is C19H29N2O4+. The topological polar surface area (TPSA) is 61.2 Å². The van der Waals surface area contributed by atoms with E-state index >= 15 is 0 Å². The molecule has 6 heteroatoms. The Morgan fingerprint density at radius 3 is 2.24 bits per heavy atom. The second kappa shape index (κ2) is 7.32. The van der Waals surface area contributed by atoms with Crippen molar-refractivity contribution >= 4 is 11.8 Å². The molecule has 0 saturated carbocycles. The Bertz CT molecular complexity index is 570. The highest BCUT2D eigenvalue weighted by Crippen LogP contribution is 2.24. The van der Waals surface area contributed by atoms with E-state index in [0.717, 1.165) is 5.69 Å². The van der Waals surface area contributed by atoms with E-state index in [1.165, 1.54) is 4.90 Å². The quantitative estimate of drug-likeness (QED) is 0.852. The van der Waals surface area contributed by atoms with Gasteiger partial charge in [-0.2, -0.15) is 0 Å². The summed E-state index contributed by atoms with van der Waals surface area (Å²) >= 11 is 0. The van der Waals surface area contributed by atoms with Crippen molar-refractivity contribution in [2.24, 2.45) is 11.8 Å². The van der Waals surface area contributed by atoms with Crippen LogP contribution >= 0.6 is 0 Å². The third kappa shape index (κ3) is 3.66. The van der Waals surface area contributed by atoms with Crippen LogP contribution in [0.3, 0.4) is 0 Å². The Balaban J connectivity index is 1.67. The summed E-state index contributed by atoms with van der Waals surface area (Å²) in [6.45, 7) is 10.0. The van der Waals surface area contributed by atoms with Crippen molar-refractivity contribution in [3.05, 3.63) is 30.3 Å². The van der Waals surface area contributed by atoms with Gasteiger partial charge in [0, 0.05) is 17.5 Å². The molecule has 0 aliphatic carbocycles. The van der Waals surface area contributed by atoms with Crippen LogP contribution in [0.4, 0.5) is 10.5 Å². The lowest BCUT2D eigenvalue weighted by atomic mass is 10.00. The maximum absolute atomic E-state index is 12.2. The normalized spacial score (nSPS) is 31.4. The van der Waals surface area contributed by atoms with Crippen molar-refractivity contribution in [1.82, 2.24) is 0 Å². The Labute approximate surface area is 149 Å². The van der Waals surface area contributed by atoms with E-state index in [1.807, 2.05) is 30.3 Å². The Kier molecular flexibility index (Phi) is 5.32. The maximum atomic E-state index is 12.2. The number of anilines is 1. The minimum Gasteiger partial charge on any atom is -0.442 e. The molecule has 0 radical (unpaired) electrons. The standard InChI is InChI=1S/C19H28N2O4/c1-13(2)16-21-17(14(3)4)24-11-19(21,10-23-16)12-25-18(22)20-15-8-6-5-7-9-15/h5-9,13-14,16-17H,10-12H2,1-4H3,(H,20,22)/p+1/t16-,17+,19?. The van der Waals surface area contributed by atoms with Gasteiger partial charge in [0.25, 0.3) is 0 Å². The third-order valence-corrected chi connectivity index (χ3v) is 5.01. The first kappa shape index (κ1) is 18.2. The number of carbonyl (C=O) groups excluding carboxylic acids is 1. The van der Waals surface area contributed by atoms with Crippen LogP contribution in [0, 0.1) is 11.8 Å². The molecule has 138 valence electrons. The highest BCUT2D eigenvalue weighted by molar-refractivity contribution is 5.84. The summed E-state index contributed by atoms with van der Waals surface area (Å²) in [6.07, 6.45) is -0.313. The van der Waals surface area contributed by atoms with Gasteiger partial charge >= 0.3 is 6.09 Å². The molecule has 1 aromatic rings. The molecule has 4 atom stereocenters. The summed E-state index contributed by atoms with van der Waals surface area (Å²) in [5.74, 6) is 0.746. The monoisotopic (exact) mass is 349 g/mol. The van der Waals surface area contributed by atoms with E-state index in [9.17, 15) is 4.79 Å². The SMILES string of the molecule is CC(C)[C@H]1OCC2(COC(=O)Nc3ccccc3)CO[C@@H](C(C)C)[NH+]12. The number of para-hydroxylation sites is 1. The van der Waals surface area contributed by atoms with Crippen molar-refractivity contribution in [2.45, 2.75) is 45.7 Å². The summed E-state index contributed by atoms with van der Waals surface area (Å²) in [4.78, 5) is 13.4. The largest absolute Gasteiger partial charge is 0.442 e. The number of amides is 1. The molecule has 2 fully saturated rings. The van der Waals surface area contributed by atoms with E-state index in [0.29, 0.717) is 25.0 Å². The molecule has 2 unspecified atom stereocenters. The number of benzene rings is 1. The summed E-state index contributed by atoms with van der Waals surface area (Å²) in [5, 5.41) is 2.76. The minimum atomic E-state index is -0.444. The lowest BCUT2D eigenvalue weighted by Crippen LogP contribution is -3.24. The van der Waals surface area contributed by atoms with E-state index in [4.69, 9.17) is 14.2 Å². The van der Waals surface area contributed by atoms with E-state index in [1.54, 1.807) is 0 Å². The predicted molar refractivity (Wildman–Crippen MR) is 94.3 cm³/mol. The van der Waals surface area contributed by atoms with Crippen LogP contribution < -0.4 is 10.2 Å². The maximum Gasteiger partial charge on any atom is 0.411 e. The average Bonchev–Trinajstić information content (AvgIpc) is 3.10. The number of hydrogen-bond donors (Lipinski definition) is 2. The molecule has 0 aromatic heterocycles. The third-order valence-electron chi connectivity index (χ3n) is 5.01. The molecule has 2 heterocycles. The van der Waals surface area contributed by atoms with Gasteiger partial charge in [-0.1, -0.05) is 45.9 Å². The van der Waals surface area contributed by atoms with Crippen LogP contribution in [0.2, 0.25) is 0 Å². The van der Waals surface area contributed by atoms with Gasteiger partial charge in [0.2, 0.25) is 0 Å². The first-order chi connectivity index (χ1) is 11.9. The Morgan fingerprint density at radius 1 is 1.16 bits per heavy atom. The predicted octanol–water partition coefficient (Wildman–Crippen LogP) is 1.88. The summed E-state index contributed by atoms with van der Waals surface area (Å²) in [7, 11) is 0. The van der Waals surface area contributed by atoms with Crippen LogP contribution in [0.5, 0.6) is 0 Å². The van der Waals surface area contributed by atoms with Crippen molar-refractivity contribution in [2.75, 3.05) is 25.1 Å². The fraction of sp³-hybridized carbons (Fsp3) is 0.632. The first-order valence-electron chi connectivity index (χ1n) is 9.02. The first-order valence-corrected chi connectivity index (χ1v) is 9.02. The molecule has 2 aliphatic rings. The number of carbonyl (C=O) groups is 1. The van der Waals surface area contributed by atoms with Crippen molar-refractivity contribution in [3.8, 4) is 0 Å². The summed E-state index contributed by atoms with van der Waals surface area (Å²) < 4.78 is 17.7. The van der Waals surface area contributed by atoms with Crippen LogP contribution in [0.25, 0.3) is 0 Å². The van der Waals surface area contributed by atoms with Gasteiger partial charge in [0.1, 0.15) is 13.2 Å². The van der Waals surface area contributed by atoms with Gasteiger partial charge < -0.3 is 14.2 Å². The van der Waals surface area contributed by atoms with Crippen molar-refractivity contribution < 1.29 is 23.9 Å². The van der Waals surface area contributed by atoms with Crippen LogP contribution in [0.15, 0.2) is 30.3 Å². The number of fused-ring (bicyclic) bond motifs is 1. The number of rotatable bonds is 5. The zero-order chi connectivity index (χ0) is 18.0. The summed E-state index contributed by atoms with van der Waals surface area (Å²) in [6, 6.07) is 9.31. The van der Waals surface area contributed by atoms with Gasteiger partial charge in [-0.15, -0.1) is 0 Å². The fourth-order valence-corrected chi connectivity index (χ4v) is 3.80. The van der Waals surface area contributed by atoms with Crippen molar-refractivity contribution in [3.63, 3.8) is 0 Å². The summed E-state index contributed by atoms with van der Waals surface area (Å²) in [5.41, 5.74) is 0.400. The number of ether oxygens (including phenoxy) is 3. The van der Waals surface area contributed by atoms with Gasteiger partial charge in [-0.05, 0) is 12.1 Å². The zero-order valence-electron chi connectivity index (χ0n) is 15.5. The molecule has 6 nitrogen and oxygen atoms in total. The number of hydrogen-bond acceptors (Lipinski definition) is 4. The highest BCUT2D eigenvalue weighted by Gasteiger charge is 2.62. The zero-order valence-corrected chi connectivity index (χ0v) is 15.5. The van der Waals surface area contributed by atoms with Gasteiger partial charge in [-0.25, -0.2) is 4.79 Å². The molecule has 2 aliphatic heterocycles. The number of nitrogens with one attached hydrogen (secondary N) is 2. The van der Waals surface area contributed by atoms with Crippen LogP contribution in [-0.2, 0) is 14.2 Å². The lowest BCUT2D eigenvalue weighted by molar-refractivity contribution is -0.995. The molecule has 2 N–H and O–H groups in total.